The average Bonchev–Trinajstić information content (AvgIpc) is 3.00. The average molecular weight is 431 g/mol. The lowest BCUT2D eigenvalue weighted by Crippen LogP contribution is -2.44. The molecule has 1 aliphatic heterocycles. The number of piperidine rings is 1. The van der Waals surface area contributed by atoms with E-state index in [1.54, 1.807) is 11.6 Å². The maximum absolute atomic E-state index is 13.0. The zero-order valence-electron chi connectivity index (χ0n) is 15.5. The summed E-state index contributed by atoms with van der Waals surface area (Å²) < 4.78 is 4.57. The summed E-state index contributed by atoms with van der Waals surface area (Å²) >= 11 is 3.61. The lowest BCUT2D eigenvalue weighted by Gasteiger charge is -2.32. The van der Waals surface area contributed by atoms with Gasteiger partial charge in [0.15, 0.2) is 11.2 Å². The van der Waals surface area contributed by atoms with Crippen LogP contribution in [0.4, 0.5) is 5.95 Å². The van der Waals surface area contributed by atoms with Crippen molar-refractivity contribution in [1.29, 1.82) is 0 Å². The summed E-state index contributed by atoms with van der Waals surface area (Å²) in [6.45, 7) is 3.98. The Labute approximate surface area is 166 Å². The molecule has 0 radical (unpaired) electrons. The molecule has 0 unspecified atom stereocenters. The molecule has 1 aromatic carbocycles. The van der Waals surface area contributed by atoms with Crippen LogP contribution < -0.4 is 16.2 Å². The van der Waals surface area contributed by atoms with Gasteiger partial charge in [0.1, 0.15) is 5.82 Å². The van der Waals surface area contributed by atoms with E-state index in [1.807, 2.05) is 35.8 Å². The molecule has 7 nitrogen and oxygen atoms in total. The van der Waals surface area contributed by atoms with E-state index in [0.717, 1.165) is 41.9 Å². The Bertz CT molecular complexity index is 1060. The molecule has 8 heteroatoms. The molecule has 2 aromatic heterocycles. The van der Waals surface area contributed by atoms with Gasteiger partial charge in [-0.2, -0.15) is 4.98 Å². The van der Waals surface area contributed by atoms with E-state index in [2.05, 4.69) is 25.8 Å². The van der Waals surface area contributed by atoms with E-state index < -0.39 is 0 Å². The summed E-state index contributed by atoms with van der Waals surface area (Å²) in [5, 5.41) is 0. The van der Waals surface area contributed by atoms with Crippen LogP contribution in [0.25, 0.3) is 11.2 Å². The molecular weight excluding hydrogens is 408 g/mol. The SMILES string of the molecule is Cc1nc2nc(N3CCC[C@@H](N)C3)n(Cc3ccccc3Br)c2c(=O)n1C. The molecule has 142 valence electrons. The maximum Gasteiger partial charge on any atom is 0.279 e. The van der Waals surface area contributed by atoms with Gasteiger partial charge in [0.05, 0.1) is 6.54 Å². The van der Waals surface area contributed by atoms with Gasteiger partial charge in [0.2, 0.25) is 5.95 Å². The molecule has 3 heterocycles. The Balaban J connectivity index is 1.92. The summed E-state index contributed by atoms with van der Waals surface area (Å²) in [5.41, 5.74) is 8.23. The number of halogens is 1. The highest BCUT2D eigenvalue weighted by Gasteiger charge is 2.25. The first kappa shape index (κ1) is 18.2. The van der Waals surface area contributed by atoms with Gasteiger partial charge in [-0.25, -0.2) is 4.98 Å². The van der Waals surface area contributed by atoms with Gasteiger partial charge in [-0.15, -0.1) is 0 Å². The zero-order valence-corrected chi connectivity index (χ0v) is 17.1. The van der Waals surface area contributed by atoms with Crippen molar-refractivity contribution in [1.82, 2.24) is 19.1 Å². The third-order valence-electron chi connectivity index (χ3n) is 5.22. The molecule has 1 saturated heterocycles. The number of rotatable bonds is 3. The number of fused-ring (bicyclic) bond motifs is 1. The largest absolute Gasteiger partial charge is 0.341 e. The zero-order chi connectivity index (χ0) is 19.1. The number of aryl methyl sites for hydroxylation is 1. The van der Waals surface area contributed by atoms with E-state index in [-0.39, 0.29) is 11.6 Å². The van der Waals surface area contributed by atoms with Crippen LogP contribution in [0.2, 0.25) is 0 Å². The fourth-order valence-corrected chi connectivity index (χ4v) is 4.04. The molecule has 3 aromatic rings. The Kier molecular flexibility index (Phi) is 4.77. The normalized spacial score (nSPS) is 17.6. The second-order valence-corrected chi connectivity index (χ2v) is 7.99. The summed E-state index contributed by atoms with van der Waals surface area (Å²) in [5.74, 6) is 1.42. The minimum atomic E-state index is -0.0791. The van der Waals surface area contributed by atoms with Crippen molar-refractivity contribution in [2.75, 3.05) is 18.0 Å². The first-order chi connectivity index (χ1) is 13.0. The highest BCUT2D eigenvalue weighted by atomic mass is 79.9. The van der Waals surface area contributed by atoms with Crippen molar-refractivity contribution in [3.8, 4) is 0 Å². The topological polar surface area (TPSA) is 82.0 Å². The fraction of sp³-hybridized carbons (Fsp3) is 0.421. The van der Waals surface area contributed by atoms with Crippen molar-refractivity contribution in [2.45, 2.75) is 32.4 Å². The molecule has 27 heavy (non-hydrogen) atoms. The number of anilines is 1. The number of nitrogens with zero attached hydrogens (tertiary/aromatic N) is 5. The van der Waals surface area contributed by atoms with Gasteiger partial charge in [0.25, 0.3) is 5.56 Å². The monoisotopic (exact) mass is 430 g/mol. The van der Waals surface area contributed by atoms with Crippen LogP contribution in [0.5, 0.6) is 0 Å². The summed E-state index contributed by atoms with van der Waals surface area (Å²) in [7, 11) is 1.75. The van der Waals surface area contributed by atoms with Crippen LogP contribution in [-0.4, -0.2) is 38.2 Å². The van der Waals surface area contributed by atoms with Crippen LogP contribution in [-0.2, 0) is 13.6 Å². The first-order valence-electron chi connectivity index (χ1n) is 9.13. The molecule has 1 atom stereocenters. The van der Waals surface area contributed by atoms with Crippen molar-refractivity contribution in [2.24, 2.45) is 12.8 Å². The third kappa shape index (κ3) is 3.27. The standard InChI is InChI=1S/C19H23BrN6O/c1-12-22-17-16(18(27)24(12)2)26(10-13-6-3-4-8-15(13)20)19(23-17)25-9-5-7-14(21)11-25/h3-4,6,8,14H,5,7,9-11,21H2,1-2H3/t14-/m1/s1. The van der Waals surface area contributed by atoms with Crippen LogP contribution >= 0.6 is 15.9 Å². The number of aromatic nitrogens is 4. The Morgan fingerprint density at radius 2 is 2.07 bits per heavy atom. The first-order valence-corrected chi connectivity index (χ1v) is 9.93. The van der Waals surface area contributed by atoms with E-state index >= 15 is 0 Å². The molecule has 0 bridgehead atoms. The van der Waals surface area contributed by atoms with Crippen molar-refractivity contribution in [3.05, 3.63) is 50.5 Å². The summed E-state index contributed by atoms with van der Waals surface area (Å²) in [4.78, 5) is 24.5. The quantitative estimate of drug-likeness (QED) is 0.688. The maximum atomic E-state index is 13.0. The van der Waals surface area contributed by atoms with Gasteiger partial charge in [-0.1, -0.05) is 34.1 Å². The molecule has 2 N–H and O–H groups in total. The predicted octanol–water partition coefficient (Wildman–Crippen LogP) is 2.18. The predicted molar refractivity (Wildman–Crippen MR) is 110 cm³/mol. The van der Waals surface area contributed by atoms with Crippen LogP contribution in [0.3, 0.4) is 0 Å². The second-order valence-electron chi connectivity index (χ2n) is 7.13. The lowest BCUT2D eigenvalue weighted by molar-refractivity contribution is 0.495. The minimum absolute atomic E-state index is 0.0791. The number of nitrogens with two attached hydrogens (primary N) is 1. The number of benzene rings is 1. The second kappa shape index (κ2) is 7.09. The van der Waals surface area contributed by atoms with Crippen LogP contribution in [0, 0.1) is 6.92 Å². The molecule has 0 saturated carbocycles. The minimum Gasteiger partial charge on any atom is -0.341 e. The van der Waals surface area contributed by atoms with Gasteiger partial charge in [-0.05, 0) is 31.4 Å². The van der Waals surface area contributed by atoms with Gasteiger partial charge in [0, 0.05) is 30.7 Å². The van der Waals surface area contributed by atoms with Crippen LogP contribution in [0.15, 0.2) is 33.5 Å². The van der Waals surface area contributed by atoms with E-state index in [9.17, 15) is 4.79 Å². The van der Waals surface area contributed by atoms with Gasteiger partial charge in [-0.3, -0.25) is 13.9 Å². The lowest BCUT2D eigenvalue weighted by atomic mass is 10.1. The van der Waals surface area contributed by atoms with Crippen LogP contribution in [0.1, 0.15) is 24.2 Å². The Morgan fingerprint density at radius 1 is 1.30 bits per heavy atom. The highest BCUT2D eigenvalue weighted by Crippen LogP contribution is 2.26. The smallest absolute Gasteiger partial charge is 0.279 e. The van der Waals surface area contributed by atoms with Crippen molar-refractivity contribution in [3.63, 3.8) is 0 Å². The molecule has 0 spiro atoms. The van der Waals surface area contributed by atoms with Gasteiger partial charge < -0.3 is 10.6 Å². The highest BCUT2D eigenvalue weighted by molar-refractivity contribution is 9.10. The Morgan fingerprint density at radius 3 is 2.81 bits per heavy atom. The summed E-state index contributed by atoms with van der Waals surface area (Å²) in [6, 6.07) is 8.15. The Hall–Kier alpha value is -2.19. The molecule has 4 rings (SSSR count). The van der Waals surface area contributed by atoms with Crippen molar-refractivity contribution < 1.29 is 0 Å². The van der Waals surface area contributed by atoms with Gasteiger partial charge >= 0.3 is 0 Å². The fourth-order valence-electron chi connectivity index (χ4n) is 3.63. The summed E-state index contributed by atoms with van der Waals surface area (Å²) in [6.07, 6.45) is 2.03. The molecular formula is C19H23BrN6O. The van der Waals surface area contributed by atoms with E-state index in [0.29, 0.717) is 23.5 Å². The molecule has 1 fully saturated rings. The number of imidazole rings is 1. The molecule has 0 aliphatic carbocycles. The molecule has 0 amide bonds. The van der Waals surface area contributed by atoms with E-state index in [4.69, 9.17) is 10.7 Å². The number of hydrogen-bond donors (Lipinski definition) is 1. The van der Waals surface area contributed by atoms with E-state index in [1.165, 1.54) is 0 Å². The number of hydrogen-bond acceptors (Lipinski definition) is 5. The van der Waals surface area contributed by atoms with Crippen molar-refractivity contribution >= 4 is 33.0 Å². The molecule has 1 aliphatic rings. The third-order valence-corrected chi connectivity index (χ3v) is 5.99.